The number of halogens is 6. The van der Waals surface area contributed by atoms with Crippen molar-refractivity contribution >= 4 is 28.9 Å². The Kier molecular flexibility index (Phi) is 7.18. The van der Waals surface area contributed by atoms with Gasteiger partial charge in [-0.1, -0.05) is 17.7 Å². The van der Waals surface area contributed by atoms with Crippen molar-refractivity contribution in [2.75, 3.05) is 6.26 Å². The fraction of sp³-hybridized carbons (Fsp3) is 0.400. The number of alkyl halides is 6. The second-order valence-electron chi connectivity index (χ2n) is 4.07. The average molecular weight is 420 g/mol. The van der Waals surface area contributed by atoms with Crippen LogP contribution in [-0.4, -0.2) is 38.7 Å². The van der Waals surface area contributed by atoms with Crippen LogP contribution in [0, 0.1) is 6.92 Å². The zero-order valence-electron chi connectivity index (χ0n) is 11.8. The molecule has 1 atom stereocenters. The Hall–Kier alpha value is -0.990. The Morgan fingerprint density at radius 3 is 1.46 bits per heavy atom. The lowest BCUT2D eigenvalue weighted by Gasteiger charge is -2.08. The van der Waals surface area contributed by atoms with Gasteiger partial charge in [0.25, 0.3) is 0 Å². The van der Waals surface area contributed by atoms with E-state index in [0.29, 0.717) is 0 Å². The first-order valence-corrected chi connectivity index (χ1v) is 10.5. The van der Waals surface area contributed by atoms with Crippen LogP contribution in [0.15, 0.2) is 29.2 Å². The van der Waals surface area contributed by atoms with Gasteiger partial charge in [0, 0.05) is 0 Å². The highest BCUT2D eigenvalue weighted by Gasteiger charge is 2.57. The third-order valence-corrected chi connectivity index (χ3v) is 8.10. The zero-order chi connectivity index (χ0) is 19.6. The van der Waals surface area contributed by atoms with Crippen LogP contribution >= 0.6 is 0 Å². The first-order valence-electron chi connectivity index (χ1n) is 5.48. The molecule has 5 nitrogen and oxygen atoms in total. The molecule has 0 fully saturated rings. The monoisotopic (exact) mass is 420 g/mol. The average Bonchev–Trinajstić information content (AvgIpc) is 2.35. The van der Waals surface area contributed by atoms with E-state index in [-0.39, 0.29) is 4.90 Å². The highest BCUT2D eigenvalue weighted by Crippen LogP contribution is 2.32. The van der Waals surface area contributed by atoms with Gasteiger partial charge >= 0.3 is 19.9 Å². The van der Waals surface area contributed by atoms with Crippen LogP contribution in [0.1, 0.15) is 5.56 Å². The molecule has 1 unspecified atom stereocenters. The third-order valence-electron chi connectivity index (χ3n) is 2.25. The fourth-order valence-corrected chi connectivity index (χ4v) is 4.00. The molecule has 1 rings (SSSR count). The van der Waals surface area contributed by atoms with Crippen molar-refractivity contribution in [2.24, 2.45) is 0 Å². The van der Waals surface area contributed by atoms with Crippen LogP contribution in [-0.2, 0) is 28.9 Å². The Morgan fingerprint density at radius 2 is 1.21 bits per heavy atom. The first kappa shape index (κ1) is 23.0. The number of aryl methyl sites for hydroxylation is 1. The van der Waals surface area contributed by atoms with Gasteiger partial charge in [0.2, 0.25) is 0 Å². The van der Waals surface area contributed by atoms with Gasteiger partial charge in [-0.3, -0.25) is 0 Å². The van der Waals surface area contributed by atoms with Gasteiger partial charge in [0.15, 0.2) is 24.9 Å². The Balaban J connectivity index is 0.000000561. The minimum absolute atomic E-state index is 0.169. The molecule has 0 saturated heterocycles. The molecule has 0 bridgehead atoms. The second-order valence-corrected chi connectivity index (χ2v) is 11.0. The van der Waals surface area contributed by atoms with Crippen LogP contribution in [0.4, 0.5) is 26.3 Å². The smallest absolute Gasteiger partial charge is 0.544 e. The van der Waals surface area contributed by atoms with E-state index < -0.39 is 39.9 Å². The molecule has 1 aromatic carbocycles. The van der Waals surface area contributed by atoms with Crippen molar-refractivity contribution in [3.63, 3.8) is 0 Å². The van der Waals surface area contributed by atoms with E-state index in [1.54, 1.807) is 19.1 Å². The SMILES string of the molecule is Cc1ccc([S+](C)S(=O)(=O)C(F)(F)F)cc1.O=S(=O)([O-])C(F)(F)F. The minimum atomic E-state index is -6.09. The summed E-state index contributed by atoms with van der Waals surface area (Å²) in [7, 11) is -13.1. The highest BCUT2D eigenvalue weighted by molar-refractivity contribution is 8.69. The number of hydrogen-bond donors (Lipinski definition) is 0. The molecule has 0 aromatic heterocycles. The van der Waals surface area contributed by atoms with Gasteiger partial charge in [-0.2, -0.15) is 34.8 Å². The van der Waals surface area contributed by atoms with Crippen LogP contribution < -0.4 is 0 Å². The summed E-state index contributed by atoms with van der Waals surface area (Å²) in [6, 6.07) is 5.99. The quantitative estimate of drug-likeness (QED) is 0.241. The molecular formula is C10H10F6O5S3. The predicted molar refractivity (Wildman–Crippen MR) is 73.5 cm³/mol. The lowest BCUT2D eigenvalue weighted by Crippen LogP contribution is -2.30. The maximum Gasteiger partial charge on any atom is 0.544 e. The molecule has 0 spiro atoms. The van der Waals surface area contributed by atoms with Crippen molar-refractivity contribution in [2.45, 2.75) is 22.8 Å². The Labute approximate surface area is 136 Å². The lowest BCUT2D eigenvalue weighted by atomic mass is 10.2. The van der Waals surface area contributed by atoms with E-state index in [9.17, 15) is 34.8 Å². The summed E-state index contributed by atoms with van der Waals surface area (Å²) in [6.45, 7) is 1.77. The summed E-state index contributed by atoms with van der Waals surface area (Å²) in [5.41, 5.74) is -9.98. The first-order chi connectivity index (χ1) is 10.4. The van der Waals surface area contributed by atoms with Crippen molar-refractivity contribution in [1.29, 1.82) is 0 Å². The minimum Gasteiger partial charge on any atom is -0.741 e. The van der Waals surface area contributed by atoms with Crippen molar-refractivity contribution in [1.82, 2.24) is 0 Å². The summed E-state index contributed by atoms with van der Waals surface area (Å²) in [5, 5.41) is 0. The van der Waals surface area contributed by atoms with Gasteiger partial charge in [0.1, 0.15) is 6.26 Å². The van der Waals surface area contributed by atoms with E-state index in [1.165, 1.54) is 12.1 Å². The van der Waals surface area contributed by atoms with E-state index >= 15 is 0 Å². The molecule has 0 saturated carbocycles. The fourth-order valence-electron chi connectivity index (χ4n) is 0.998. The van der Waals surface area contributed by atoms with Gasteiger partial charge < -0.3 is 4.55 Å². The molecule has 0 heterocycles. The number of hydrogen-bond acceptors (Lipinski definition) is 5. The summed E-state index contributed by atoms with van der Waals surface area (Å²) in [4.78, 5) is 0.169. The lowest BCUT2D eigenvalue weighted by molar-refractivity contribution is -0.0518. The molecule has 0 radical (unpaired) electrons. The van der Waals surface area contributed by atoms with Gasteiger partial charge in [-0.05, 0) is 19.1 Å². The molecule has 14 heteroatoms. The molecule has 0 aliphatic carbocycles. The zero-order valence-corrected chi connectivity index (χ0v) is 14.3. The predicted octanol–water partition coefficient (Wildman–Crippen LogP) is 2.50. The molecule has 0 aliphatic rings. The van der Waals surface area contributed by atoms with Crippen LogP contribution in [0.3, 0.4) is 0 Å². The van der Waals surface area contributed by atoms with Crippen LogP contribution in [0.5, 0.6) is 0 Å². The Bertz CT molecular complexity index is 750. The molecule has 0 aliphatic heterocycles. The van der Waals surface area contributed by atoms with Gasteiger partial charge in [-0.15, -0.1) is 0 Å². The third kappa shape index (κ3) is 6.14. The molecule has 0 amide bonds. The molecule has 1 aromatic rings. The largest absolute Gasteiger partial charge is 0.741 e. The van der Waals surface area contributed by atoms with E-state index in [4.69, 9.17) is 13.0 Å². The van der Waals surface area contributed by atoms with Gasteiger partial charge in [0.05, 0.1) is 0 Å². The van der Waals surface area contributed by atoms with E-state index in [2.05, 4.69) is 0 Å². The summed E-state index contributed by atoms with van der Waals surface area (Å²) >= 11 is 0. The summed E-state index contributed by atoms with van der Waals surface area (Å²) in [6.07, 6.45) is 1.06. The van der Waals surface area contributed by atoms with E-state index in [1.807, 2.05) is 0 Å². The number of rotatable bonds is 2. The van der Waals surface area contributed by atoms with Crippen molar-refractivity contribution < 1.29 is 47.7 Å². The molecule has 24 heavy (non-hydrogen) atoms. The Morgan fingerprint density at radius 1 is 0.875 bits per heavy atom. The normalized spacial score (nSPS) is 14.5. The topological polar surface area (TPSA) is 91.3 Å². The molecule has 0 N–H and O–H groups in total. The van der Waals surface area contributed by atoms with E-state index in [0.717, 1.165) is 11.8 Å². The van der Waals surface area contributed by atoms with Gasteiger partial charge in [-0.25, -0.2) is 8.42 Å². The van der Waals surface area contributed by atoms with Crippen molar-refractivity contribution in [3.8, 4) is 0 Å². The number of benzene rings is 1. The molecule has 140 valence electrons. The standard InChI is InChI=1S/C9H10F3O2S2.CHF3O3S/c1-7-3-5-8(6-4-7)15(2)16(13,14)9(10,11)12;2-1(3,4)8(5,6)7/h3-6H,1-2H3;(H,5,6,7)/q+1;/p-1. The summed E-state index contributed by atoms with van der Waals surface area (Å²) in [5.74, 6) is 0. The van der Waals surface area contributed by atoms with Crippen molar-refractivity contribution in [3.05, 3.63) is 29.8 Å². The highest BCUT2D eigenvalue weighted by atomic mass is 33.2. The maximum atomic E-state index is 12.3. The second kappa shape index (κ2) is 7.49. The summed E-state index contributed by atoms with van der Waals surface area (Å²) < 4.78 is 118. The van der Waals surface area contributed by atoms with Crippen LogP contribution in [0.2, 0.25) is 0 Å². The maximum absolute atomic E-state index is 12.3. The molecular weight excluding hydrogens is 410 g/mol. The van der Waals surface area contributed by atoms with Crippen LogP contribution in [0.25, 0.3) is 0 Å².